The molecule has 1 amide bonds. The number of unbranched alkanes of at least 4 members (excludes halogenated alkanes) is 1. The molecule has 0 heterocycles. The first-order valence-electron chi connectivity index (χ1n) is 7.70. The zero-order chi connectivity index (χ0) is 14.9. The number of carbonyl (C=O) groups excluding carboxylic acids is 1. The molecule has 0 saturated carbocycles. The van der Waals surface area contributed by atoms with Crippen molar-refractivity contribution in [1.82, 2.24) is 10.2 Å². The predicted molar refractivity (Wildman–Crippen MR) is 82.1 cm³/mol. The highest BCUT2D eigenvalue weighted by Crippen LogP contribution is 2.13. The standard InChI is InChI=1S/C15H33N3O/c1-6-9-11-18(13(4)7-2)12-10-15(5,14(16)19)17-8-3/h13,17H,6-12H2,1-5H3,(H2,16,19). The van der Waals surface area contributed by atoms with E-state index in [1.165, 1.54) is 12.8 Å². The number of nitrogens with zero attached hydrogens (tertiary/aromatic N) is 1. The summed E-state index contributed by atoms with van der Waals surface area (Å²) in [5.41, 5.74) is 4.94. The van der Waals surface area contributed by atoms with Crippen molar-refractivity contribution in [1.29, 1.82) is 0 Å². The second-order valence-corrected chi connectivity index (χ2v) is 5.62. The van der Waals surface area contributed by atoms with Gasteiger partial charge in [0.1, 0.15) is 0 Å². The van der Waals surface area contributed by atoms with Gasteiger partial charge in [-0.1, -0.05) is 27.2 Å². The Kier molecular flexibility index (Phi) is 9.02. The molecule has 0 aromatic rings. The van der Waals surface area contributed by atoms with Crippen LogP contribution in [-0.2, 0) is 4.79 Å². The van der Waals surface area contributed by atoms with Gasteiger partial charge in [-0.3, -0.25) is 4.79 Å². The van der Waals surface area contributed by atoms with Gasteiger partial charge < -0.3 is 16.0 Å². The first-order valence-corrected chi connectivity index (χ1v) is 7.70. The molecule has 0 aliphatic rings. The summed E-state index contributed by atoms with van der Waals surface area (Å²) < 4.78 is 0. The Labute approximate surface area is 119 Å². The fourth-order valence-electron chi connectivity index (χ4n) is 2.23. The van der Waals surface area contributed by atoms with E-state index in [9.17, 15) is 4.79 Å². The minimum absolute atomic E-state index is 0.256. The predicted octanol–water partition coefficient (Wildman–Crippen LogP) is 2.13. The maximum Gasteiger partial charge on any atom is 0.237 e. The molecule has 2 unspecified atom stereocenters. The third kappa shape index (κ3) is 6.39. The lowest BCUT2D eigenvalue weighted by atomic mass is 9.96. The van der Waals surface area contributed by atoms with Gasteiger partial charge in [-0.15, -0.1) is 0 Å². The Morgan fingerprint density at radius 2 is 1.95 bits per heavy atom. The highest BCUT2D eigenvalue weighted by molar-refractivity contribution is 5.84. The van der Waals surface area contributed by atoms with Gasteiger partial charge in [0, 0.05) is 12.6 Å². The first-order chi connectivity index (χ1) is 8.91. The number of amides is 1. The Morgan fingerprint density at radius 3 is 2.37 bits per heavy atom. The minimum atomic E-state index is -0.591. The molecule has 4 nitrogen and oxygen atoms in total. The van der Waals surface area contributed by atoms with Gasteiger partial charge in [-0.2, -0.15) is 0 Å². The molecule has 0 aliphatic heterocycles. The molecule has 0 saturated heterocycles. The van der Waals surface area contributed by atoms with Crippen LogP contribution in [0.25, 0.3) is 0 Å². The van der Waals surface area contributed by atoms with E-state index in [1.54, 1.807) is 0 Å². The Balaban J connectivity index is 4.53. The number of carbonyl (C=O) groups is 1. The van der Waals surface area contributed by atoms with Crippen LogP contribution in [0.1, 0.15) is 60.3 Å². The molecular formula is C15H33N3O. The fraction of sp³-hybridized carbons (Fsp3) is 0.933. The van der Waals surface area contributed by atoms with Crippen molar-refractivity contribution in [3.8, 4) is 0 Å². The van der Waals surface area contributed by atoms with Gasteiger partial charge in [0.2, 0.25) is 5.91 Å². The SMILES string of the molecule is CCCCN(CCC(C)(NCC)C(N)=O)C(C)CC. The fourth-order valence-corrected chi connectivity index (χ4v) is 2.23. The topological polar surface area (TPSA) is 58.4 Å². The normalized spacial score (nSPS) is 16.3. The highest BCUT2D eigenvalue weighted by atomic mass is 16.1. The molecule has 0 fully saturated rings. The van der Waals surface area contributed by atoms with Gasteiger partial charge in [0.15, 0.2) is 0 Å². The molecule has 2 atom stereocenters. The van der Waals surface area contributed by atoms with E-state index < -0.39 is 5.54 Å². The van der Waals surface area contributed by atoms with Gasteiger partial charge in [-0.25, -0.2) is 0 Å². The van der Waals surface area contributed by atoms with Crippen LogP contribution in [0.2, 0.25) is 0 Å². The monoisotopic (exact) mass is 271 g/mol. The number of hydrogen-bond acceptors (Lipinski definition) is 3. The first kappa shape index (κ1) is 18.4. The Bertz CT molecular complexity index is 258. The largest absolute Gasteiger partial charge is 0.368 e. The van der Waals surface area contributed by atoms with Crippen LogP contribution in [0.5, 0.6) is 0 Å². The van der Waals surface area contributed by atoms with Crippen molar-refractivity contribution in [3.05, 3.63) is 0 Å². The summed E-state index contributed by atoms with van der Waals surface area (Å²) in [6.45, 7) is 13.4. The summed E-state index contributed by atoms with van der Waals surface area (Å²) in [6, 6.07) is 0.560. The molecule has 0 spiro atoms. The molecule has 0 aromatic carbocycles. The zero-order valence-electron chi connectivity index (χ0n) is 13.5. The van der Waals surface area contributed by atoms with Crippen molar-refractivity contribution in [2.24, 2.45) is 5.73 Å². The smallest absolute Gasteiger partial charge is 0.237 e. The van der Waals surface area contributed by atoms with Crippen molar-refractivity contribution in [3.63, 3.8) is 0 Å². The molecular weight excluding hydrogens is 238 g/mol. The van der Waals surface area contributed by atoms with Crippen molar-refractivity contribution < 1.29 is 4.79 Å². The number of nitrogens with one attached hydrogen (secondary N) is 1. The van der Waals surface area contributed by atoms with Crippen LogP contribution in [0.15, 0.2) is 0 Å². The highest BCUT2D eigenvalue weighted by Gasteiger charge is 2.30. The summed E-state index contributed by atoms with van der Waals surface area (Å²) in [5, 5.41) is 3.23. The van der Waals surface area contributed by atoms with Gasteiger partial charge in [0.25, 0.3) is 0 Å². The molecule has 0 rings (SSSR count). The summed E-state index contributed by atoms with van der Waals surface area (Å²) >= 11 is 0. The lowest BCUT2D eigenvalue weighted by Crippen LogP contribution is -2.55. The van der Waals surface area contributed by atoms with Crippen LogP contribution in [0, 0.1) is 0 Å². The summed E-state index contributed by atoms with van der Waals surface area (Å²) in [5.74, 6) is -0.256. The van der Waals surface area contributed by atoms with Crippen LogP contribution in [-0.4, -0.2) is 42.0 Å². The zero-order valence-corrected chi connectivity index (χ0v) is 13.5. The summed E-state index contributed by atoms with van der Waals surface area (Å²) in [6.07, 6.45) is 4.31. The quantitative estimate of drug-likeness (QED) is 0.605. The molecule has 0 radical (unpaired) electrons. The van der Waals surface area contributed by atoms with Crippen molar-refractivity contribution >= 4 is 5.91 Å². The molecule has 0 aliphatic carbocycles. The van der Waals surface area contributed by atoms with E-state index in [2.05, 4.69) is 31.0 Å². The van der Waals surface area contributed by atoms with E-state index in [4.69, 9.17) is 5.73 Å². The van der Waals surface area contributed by atoms with Crippen LogP contribution in [0.3, 0.4) is 0 Å². The summed E-state index contributed by atoms with van der Waals surface area (Å²) in [7, 11) is 0. The second-order valence-electron chi connectivity index (χ2n) is 5.62. The maximum absolute atomic E-state index is 11.6. The minimum Gasteiger partial charge on any atom is -0.368 e. The molecule has 0 aromatic heterocycles. The lowest BCUT2D eigenvalue weighted by Gasteiger charge is -2.33. The van der Waals surface area contributed by atoms with Gasteiger partial charge in [0.05, 0.1) is 5.54 Å². The molecule has 0 bridgehead atoms. The molecule has 114 valence electrons. The number of hydrogen-bond donors (Lipinski definition) is 2. The van der Waals surface area contributed by atoms with Gasteiger partial charge in [-0.05, 0) is 46.2 Å². The van der Waals surface area contributed by atoms with E-state index in [0.717, 1.165) is 32.5 Å². The number of primary amides is 1. The number of nitrogens with two attached hydrogens (primary N) is 1. The van der Waals surface area contributed by atoms with Crippen molar-refractivity contribution in [2.75, 3.05) is 19.6 Å². The number of likely N-dealkylation sites (N-methyl/N-ethyl adjacent to an activating group) is 1. The molecule has 19 heavy (non-hydrogen) atoms. The Morgan fingerprint density at radius 1 is 1.32 bits per heavy atom. The lowest BCUT2D eigenvalue weighted by molar-refractivity contribution is -0.124. The van der Waals surface area contributed by atoms with Crippen LogP contribution in [0.4, 0.5) is 0 Å². The summed E-state index contributed by atoms with van der Waals surface area (Å²) in [4.78, 5) is 14.1. The van der Waals surface area contributed by atoms with E-state index in [-0.39, 0.29) is 5.91 Å². The van der Waals surface area contributed by atoms with Crippen LogP contribution < -0.4 is 11.1 Å². The molecule has 3 N–H and O–H groups in total. The molecule has 4 heteroatoms. The van der Waals surface area contributed by atoms with Gasteiger partial charge >= 0.3 is 0 Å². The van der Waals surface area contributed by atoms with Crippen LogP contribution >= 0.6 is 0 Å². The Hall–Kier alpha value is -0.610. The third-order valence-electron chi connectivity index (χ3n) is 4.02. The van der Waals surface area contributed by atoms with E-state index in [1.807, 2.05) is 13.8 Å². The maximum atomic E-state index is 11.6. The number of rotatable bonds is 11. The van der Waals surface area contributed by atoms with E-state index >= 15 is 0 Å². The third-order valence-corrected chi connectivity index (χ3v) is 4.02. The average molecular weight is 271 g/mol. The van der Waals surface area contributed by atoms with Crippen molar-refractivity contribution in [2.45, 2.75) is 71.9 Å². The average Bonchev–Trinajstić information content (AvgIpc) is 2.38. The second kappa shape index (κ2) is 9.32. The van der Waals surface area contributed by atoms with E-state index in [0.29, 0.717) is 6.04 Å².